The number of aromatic nitrogens is 2. The van der Waals surface area contributed by atoms with Crippen molar-refractivity contribution in [3.8, 4) is 0 Å². The molecule has 0 bridgehead atoms. The molecule has 2 heterocycles. The summed E-state index contributed by atoms with van der Waals surface area (Å²) in [6.07, 6.45) is 1.41. The first-order valence-electron chi connectivity index (χ1n) is 7.14. The highest BCUT2D eigenvalue weighted by molar-refractivity contribution is 7.99. The summed E-state index contributed by atoms with van der Waals surface area (Å²) in [7, 11) is 1.71. The minimum absolute atomic E-state index is 0.110. The highest BCUT2D eigenvalue weighted by atomic mass is 32.2. The first kappa shape index (κ1) is 14.8. The Kier molecular flexibility index (Phi) is 4.02. The van der Waals surface area contributed by atoms with Crippen molar-refractivity contribution in [2.75, 3.05) is 12.8 Å². The molecule has 0 spiro atoms. The van der Waals surface area contributed by atoms with Crippen molar-refractivity contribution in [3.63, 3.8) is 0 Å². The van der Waals surface area contributed by atoms with Gasteiger partial charge in [-0.15, -0.1) is 0 Å². The predicted molar refractivity (Wildman–Crippen MR) is 86.2 cm³/mol. The first-order valence-corrected chi connectivity index (χ1v) is 8.13. The number of rotatable bonds is 3. The molecule has 1 aromatic carbocycles. The van der Waals surface area contributed by atoms with Gasteiger partial charge in [-0.2, -0.15) is 0 Å². The Bertz CT molecular complexity index is 758. The van der Waals surface area contributed by atoms with Crippen LogP contribution in [0.25, 0.3) is 0 Å². The van der Waals surface area contributed by atoms with Gasteiger partial charge in [-0.25, -0.2) is 4.98 Å². The predicted octanol–water partition coefficient (Wildman–Crippen LogP) is 2.18. The zero-order chi connectivity index (χ0) is 15.7. The number of hydrogen-bond donors (Lipinski definition) is 0. The van der Waals surface area contributed by atoms with Crippen molar-refractivity contribution in [2.24, 2.45) is 0 Å². The maximum atomic E-state index is 12.6. The van der Waals surface area contributed by atoms with Crippen LogP contribution >= 0.6 is 11.8 Å². The third-order valence-corrected chi connectivity index (χ3v) is 4.94. The molecule has 0 saturated carbocycles. The molecule has 114 valence electrons. The van der Waals surface area contributed by atoms with Crippen LogP contribution in [0.1, 0.15) is 28.9 Å². The zero-order valence-corrected chi connectivity index (χ0v) is 13.3. The molecular formula is C16H17N3O2S. The van der Waals surface area contributed by atoms with Crippen molar-refractivity contribution in [1.29, 1.82) is 0 Å². The van der Waals surface area contributed by atoms with Crippen LogP contribution in [-0.4, -0.2) is 33.2 Å². The number of nitrogens with zero attached hydrogens (tertiary/aromatic N) is 3. The van der Waals surface area contributed by atoms with Crippen LogP contribution in [0.3, 0.4) is 0 Å². The standard InChI is InChI=1S/C16H17N3O2S/c1-11(12-6-4-3-5-7-12)18(2)14(20)13-10-17-16-19(15(13)21)8-9-22-16/h3-7,10-11H,8-9H2,1-2H3/t11-/m0/s1. The van der Waals surface area contributed by atoms with E-state index in [1.54, 1.807) is 28.3 Å². The average Bonchev–Trinajstić information content (AvgIpc) is 3.03. The fourth-order valence-corrected chi connectivity index (χ4v) is 3.40. The van der Waals surface area contributed by atoms with Crippen LogP contribution in [0.5, 0.6) is 0 Å². The largest absolute Gasteiger partial charge is 0.335 e. The van der Waals surface area contributed by atoms with Crippen LogP contribution in [0, 0.1) is 0 Å². The molecule has 0 radical (unpaired) electrons. The molecule has 1 atom stereocenters. The number of hydrogen-bond acceptors (Lipinski definition) is 4. The summed E-state index contributed by atoms with van der Waals surface area (Å²) in [4.78, 5) is 30.9. The van der Waals surface area contributed by atoms with Crippen molar-refractivity contribution in [1.82, 2.24) is 14.5 Å². The molecule has 6 heteroatoms. The lowest BCUT2D eigenvalue weighted by Crippen LogP contribution is -2.36. The molecule has 5 nitrogen and oxygen atoms in total. The highest BCUT2D eigenvalue weighted by Crippen LogP contribution is 2.22. The Balaban J connectivity index is 1.90. The van der Waals surface area contributed by atoms with E-state index in [2.05, 4.69) is 4.98 Å². The topological polar surface area (TPSA) is 55.2 Å². The minimum Gasteiger partial charge on any atom is -0.335 e. The van der Waals surface area contributed by atoms with Gasteiger partial charge in [0.05, 0.1) is 6.04 Å². The summed E-state index contributed by atoms with van der Waals surface area (Å²) in [6, 6.07) is 9.64. The second-order valence-electron chi connectivity index (χ2n) is 5.26. The Morgan fingerprint density at radius 2 is 2.09 bits per heavy atom. The van der Waals surface area contributed by atoms with Crippen molar-refractivity contribution in [2.45, 2.75) is 24.7 Å². The fraction of sp³-hybridized carbons (Fsp3) is 0.312. The van der Waals surface area contributed by atoms with Gasteiger partial charge in [0.15, 0.2) is 5.16 Å². The fourth-order valence-electron chi connectivity index (χ4n) is 2.49. The summed E-state index contributed by atoms with van der Waals surface area (Å²) >= 11 is 1.54. The summed E-state index contributed by atoms with van der Waals surface area (Å²) in [5.74, 6) is 0.539. The molecule has 1 aliphatic heterocycles. The molecule has 0 saturated heterocycles. The van der Waals surface area contributed by atoms with Gasteiger partial charge in [0.25, 0.3) is 11.5 Å². The maximum absolute atomic E-state index is 12.6. The van der Waals surface area contributed by atoms with Gasteiger partial charge in [-0.05, 0) is 12.5 Å². The van der Waals surface area contributed by atoms with E-state index in [0.717, 1.165) is 11.3 Å². The molecule has 0 aliphatic carbocycles. The van der Waals surface area contributed by atoms with Gasteiger partial charge in [0.2, 0.25) is 0 Å². The van der Waals surface area contributed by atoms with E-state index in [1.807, 2.05) is 37.3 Å². The van der Waals surface area contributed by atoms with Gasteiger partial charge in [0, 0.05) is 25.5 Å². The van der Waals surface area contributed by atoms with Crippen LogP contribution in [0.15, 0.2) is 46.5 Å². The Hall–Kier alpha value is -2.08. The lowest BCUT2D eigenvalue weighted by molar-refractivity contribution is 0.0739. The number of carbonyl (C=O) groups is 1. The number of thioether (sulfide) groups is 1. The van der Waals surface area contributed by atoms with E-state index in [1.165, 1.54) is 6.20 Å². The van der Waals surface area contributed by atoms with E-state index in [4.69, 9.17) is 0 Å². The highest BCUT2D eigenvalue weighted by Gasteiger charge is 2.24. The van der Waals surface area contributed by atoms with E-state index >= 15 is 0 Å². The first-order chi connectivity index (χ1) is 10.6. The van der Waals surface area contributed by atoms with Gasteiger partial charge < -0.3 is 4.90 Å². The Morgan fingerprint density at radius 1 is 1.36 bits per heavy atom. The summed E-state index contributed by atoms with van der Waals surface area (Å²) in [5.41, 5.74) is 0.923. The van der Waals surface area contributed by atoms with Crippen LogP contribution in [-0.2, 0) is 6.54 Å². The van der Waals surface area contributed by atoms with Gasteiger partial charge >= 0.3 is 0 Å². The number of amides is 1. The smallest absolute Gasteiger partial charge is 0.267 e. The molecule has 3 rings (SSSR count). The SMILES string of the molecule is C[C@@H](c1ccccc1)N(C)C(=O)c1cnc2n(c1=O)CCS2. The van der Waals surface area contributed by atoms with Gasteiger partial charge in [-0.1, -0.05) is 42.1 Å². The molecule has 1 aromatic heterocycles. The molecule has 1 aliphatic rings. The second-order valence-corrected chi connectivity index (χ2v) is 6.32. The van der Waals surface area contributed by atoms with Crippen molar-refractivity contribution >= 4 is 17.7 Å². The number of fused-ring (bicyclic) bond motifs is 1. The molecule has 0 fully saturated rings. The molecule has 0 unspecified atom stereocenters. The lowest BCUT2D eigenvalue weighted by Gasteiger charge is -2.25. The Morgan fingerprint density at radius 3 is 2.82 bits per heavy atom. The Labute approximate surface area is 133 Å². The zero-order valence-electron chi connectivity index (χ0n) is 12.5. The summed E-state index contributed by atoms with van der Waals surface area (Å²) < 4.78 is 1.58. The third-order valence-electron chi connectivity index (χ3n) is 3.97. The monoisotopic (exact) mass is 315 g/mol. The van der Waals surface area contributed by atoms with Crippen LogP contribution in [0.4, 0.5) is 0 Å². The van der Waals surface area contributed by atoms with E-state index < -0.39 is 0 Å². The molecule has 1 amide bonds. The molecule has 0 N–H and O–H groups in total. The maximum Gasteiger partial charge on any atom is 0.267 e. The van der Waals surface area contributed by atoms with Crippen LogP contribution in [0.2, 0.25) is 0 Å². The molecule has 2 aromatic rings. The quantitative estimate of drug-likeness (QED) is 0.815. The number of benzene rings is 1. The third kappa shape index (κ3) is 2.54. The van der Waals surface area contributed by atoms with Crippen molar-refractivity contribution in [3.05, 3.63) is 58.0 Å². The average molecular weight is 315 g/mol. The second kappa shape index (κ2) is 5.96. The van der Waals surface area contributed by atoms with E-state index in [-0.39, 0.29) is 23.1 Å². The number of carbonyl (C=O) groups excluding carboxylic acids is 1. The molecule has 22 heavy (non-hydrogen) atoms. The normalized spacial score (nSPS) is 14.5. The van der Waals surface area contributed by atoms with Gasteiger partial charge in [0.1, 0.15) is 5.56 Å². The van der Waals surface area contributed by atoms with Crippen molar-refractivity contribution < 1.29 is 4.79 Å². The molecular weight excluding hydrogens is 298 g/mol. The summed E-state index contributed by atoms with van der Waals surface area (Å²) in [6.45, 7) is 2.56. The van der Waals surface area contributed by atoms with Crippen LogP contribution < -0.4 is 5.56 Å². The summed E-state index contributed by atoms with van der Waals surface area (Å²) in [5, 5.41) is 0.695. The lowest BCUT2D eigenvalue weighted by atomic mass is 10.1. The van der Waals surface area contributed by atoms with E-state index in [9.17, 15) is 9.59 Å². The van der Waals surface area contributed by atoms with E-state index in [0.29, 0.717) is 11.7 Å². The van der Waals surface area contributed by atoms with Gasteiger partial charge in [-0.3, -0.25) is 14.2 Å². The minimum atomic E-state index is -0.291.